The van der Waals surface area contributed by atoms with Crippen LogP contribution in [0.25, 0.3) is 10.2 Å². The Morgan fingerprint density at radius 2 is 2.00 bits per heavy atom. The van der Waals surface area contributed by atoms with Gasteiger partial charge >= 0.3 is 0 Å². The number of nitrogens with one attached hydrogen (secondary N) is 1. The van der Waals surface area contributed by atoms with E-state index in [1.165, 1.54) is 16.8 Å². The molecular weight excluding hydrogens is 294 g/mol. The van der Waals surface area contributed by atoms with E-state index >= 15 is 0 Å². The Bertz CT molecular complexity index is 887. The first kappa shape index (κ1) is 14.2. The Morgan fingerprint density at radius 3 is 2.73 bits per heavy atom. The lowest BCUT2D eigenvalue weighted by atomic mass is 10.2. The van der Waals surface area contributed by atoms with Crippen molar-refractivity contribution in [1.82, 2.24) is 9.97 Å². The Morgan fingerprint density at radius 1 is 1.23 bits per heavy atom. The second-order valence-electron chi connectivity index (χ2n) is 4.79. The van der Waals surface area contributed by atoms with E-state index in [0.717, 1.165) is 15.8 Å². The molecule has 0 aliphatic rings. The summed E-state index contributed by atoms with van der Waals surface area (Å²) < 4.78 is 0. The van der Waals surface area contributed by atoms with Gasteiger partial charge in [-0.3, -0.25) is 5.43 Å². The van der Waals surface area contributed by atoms with E-state index < -0.39 is 0 Å². The van der Waals surface area contributed by atoms with Crippen LogP contribution in [0.4, 0.5) is 5.82 Å². The van der Waals surface area contributed by atoms with Crippen LogP contribution in [0, 0.1) is 25.2 Å². The minimum Gasteiger partial charge on any atom is -0.261 e. The molecule has 108 valence electrons. The summed E-state index contributed by atoms with van der Waals surface area (Å²) in [4.78, 5) is 10.8. The normalized spacial score (nSPS) is 11.0. The van der Waals surface area contributed by atoms with Crippen molar-refractivity contribution in [2.45, 2.75) is 13.8 Å². The molecule has 0 bridgehead atoms. The molecule has 0 unspecified atom stereocenters. The van der Waals surface area contributed by atoms with Crippen molar-refractivity contribution in [3.63, 3.8) is 0 Å². The van der Waals surface area contributed by atoms with Gasteiger partial charge in [0, 0.05) is 4.88 Å². The molecule has 0 aliphatic heterocycles. The van der Waals surface area contributed by atoms with Crippen LogP contribution in [0.5, 0.6) is 0 Å². The fourth-order valence-corrected chi connectivity index (χ4v) is 3.08. The lowest BCUT2D eigenvalue weighted by Crippen LogP contribution is -1.95. The molecule has 1 aromatic carbocycles. The molecule has 0 saturated heterocycles. The molecule has 2 heterocycles. The van der Waals surface area contributed by atoms with E-state index in [2.05, 4.69) is 40.4 Å². The van der Waals surface area contributed by atoms with Crippen LogP contribution in [-0.4, -0.2) is 16.2 Å². The fourth-order valence-electron chi connectivity index (χ4n) is 2.08. The van der Waals surface area contributed by atoms with E-state index in [1.54, 1.807) is 29.7 Å². The number of nitrogens with zero attached hydrogens (tertiary/aromatic N) is 4. The molecule has 0 aliphatic carbocycles. The average molecular weight is 307 g/mol. The van der Waals surface area contributed by atoms with Crippen LogP contribution >= 0.6 is 11.3 Å². The molecule has 0 saturated carbocycles. The first-order valence-electron chi connectivity index (χ1n) is 6.69. The van der Waals surface area contributed by atoms with Crippen LogP contribution in [0.2, 0.25) is 0 Å². The van der Waals surface area contributed by atoms with E-state index in [0.29, 0.717) is 11.4 Å². The number of hydrogen-bond donors (Lipinski definition) is 1. The molecule has 2 aromatic heterocycles. The van der Waals surface area contributed by atoms with Gasteiger partial charge in [0.15, 0.2) is 5.82 Å². The predicted molar refractivity (Wildman–Crippen MR) is 89.3 cm³/mol. The third kappa shape index (κ3) is 2.67. The van der Waals surface area contributed by atoms with Gasteiger partial charge in [0.1, 0.15) is 11.2 Å². The van der Waals surface area contributed by atoms with Gasteiger partial charge in [-0.05, 0) is 37.1 Å². The topological polar surface area (TPSA) is 74.0 Å². The maximum Gasteiger partial charge on any atom is 0.158 e. The van der Waals surface area contributed by atoms with Gasteiger partial charge in [0.2, 0.25) is 0 Å². The Hall–Kier alpha value is -2.78. The Labute approximate surface area is 132 Å². The highest BCUT2D eigenvalue weighted by Crippen LogP contribution is 2.32. The van der Waals surface area contributed by atoms with Gasteiger partial charge in [-0.1, -0.05) is 12.1 Å². The zero-order valence-electron chi connectivity index (χ0n) is 12.2. The number of aryl methyl sites for hydroxylation is 2. The largest absolute Gasteiger partial charge is 0.261 e. The number of aromatic nitrogens is 2. The summed E-state index contributed by atoms with van der Waals surface area (Å²) in [5, 5.41) is 14.0. The van der Waals surface area contributed by atoms with E-state index in [4.69, 9.17) is 5.26 Å². The van der Waals surface area contributed by atoms with Gasteiger partial charge < -0.3 is 0 Å². The highest BCUT2D eigenvalue weighted by Gasteiger charge is 2.11. The van der Waals surface area contributed by atoms with Crippen molar-refractivity contribution in [3.8, 4) is 6.07 Å². The summed E-state index contributed by atoms with van der Waals surface area (Å²) in [6.45, 7) is 4.14. The smallest absolute Gasteiger partial charge is 0.158 e. The summed E-state index contributed by atoms with van der Waals surface area (Å²) in [6, 6.07) is 9.30. The van der Waals surface area contributed by atoms with Crippen molar-refractivity contribution in [2.24, 2.45) is 5.10 Å². The number of hydrogen-bond acceptors (Lipinski definition) is 6. The summed E-state index contributed by atoms with van der Waals surface area (Å²) in [6.07, 6.45) is 3.24. The van der Waals surface area contributed by atoms with Crippen molar-refractivity contribution in [3.05, 3.63) is 52.2 Å². The second kappa shape index (κ2) is 5.92. The molecule has 3 aromatic rings. The van der Waals surface area contributed by atoms with E-state index in [9.17, 15) is 0 Å². The number of fused-ring (bicyclic) bond motifs is 1. The molecule has 0 radical (unpaired) electrons. The van der Waals surface area contributed by atoms with Crippen LogP contribution in [0.3, 0.4) is 0 Å². The van der Waals surface area contributed by atoms with E-state index in [1.807, 2.05) is 12.1 Å². The highest BCUT2D eigenvalue weighted by atomic mass is 32.1. The van der Waals surface area contributed by atoms with Crippen molar-refractivity contribution in [2.75, 3.05) is 5.43 Å². The predicted octanol–water partition coefficient (Wildman–Crippen LogP) is 3.63. The quantitative estimate of drug-likeness (QED) is 0.592. The summed E-state index contributed by atoms with van der Waals surface area (Å²) in [5.41, 5.74) is 5.70. The van der Waals surface area contributed by atoms with Gasteiger partial charge in [0.25, 0.3) is 0 Å². The fraction of sp³-hybridized carbons (Fsp3) is 0.125. The molecule has 3 rings (SSSR count). The summed E-state index contributed by atoms with van der Waals surface area (Å²) in [5.74, 6) is 0.705. The van der Waals surface area contributed by atoms with Crippen molar-refractivity contribution < 1.29 is 0 Å². The molecule has 6 heteroatoms. The number of benzene rings is 1. The molecule has 0 atom stereocenters. The van der Waals surface area contributed by atoms with Crippen LogP contribution in [-0.2, 0) is 0 Å². The second-order valence-corrected chi connectivity index (χ2v) is 5.99. The molecular formula is C16H13N5S. The van der Waals surface area contributed by atoms with Crippen LogP contribution in [0.1, 0.15) is 21.6 Å². The average Bonchev–Trinajstić information content (AvgIpc) is 2.84. The van der Waals surface area contributed by atoms with Gasteiger partial charge in [-0.15, -0.1) is 11.3 Å². The number of rotatable bonds is 3. The molecule has 1 N–H and O–H groups in total. The SMILES string of the molecule is Cc1sc2ncnc(N/N=C\c3ccc(C#N)cc3)c2c1C. The zero-order valence-corrected chi connectivity index (χ0v) is 13.0. The number of anilines is 1. The number of thiophene rings is 1. The maximum absolute atomic E-state index is 8.77. The molecule has 0 spiro atoms. The third-order valence-corrected chi connectivity index (χ3v) is 4.50. The highest BCUT2D eigenvalue weighted by molar-refractivity contribution is 7.18. The van der Waals surface area contributed by atoms with Crippen molar-refractivity contribution >= 4 is 33.6 Å². The van der Waals surface area contributed by atoms with Gasteiger partial charge in [-0.25, -0.2) is 9.97 Å². The number of nitriles is 1. The molecule has 0 amide bonds. The van der Waals surface area contributed by atoms with Gasteiger partial charge in [-0.2, -0.15) is 10.4 Å². The molecule has 5 nitrogen and oxygen atoms in total. The summed E-state index contributed by atoms with van der Waals surface area (Å²) >= 11 is 1.65. The molecule has 22 heavy (non-hydrogen) atoms. The summed E-state index contributed by atoms with van der Waals surface area (Å²) in [7, 11) is 0. The third-order valence-electron chi connectivity index (χ3n) is 3.39. The van der Waals surface area contributed by atoms with E-state index in [-0.39, 0.29) is 0 Å². The monoisotopic (exact) mass is 307 g/mol. The van der Waals surface area contributed by atoms with Crippen molar-refractivity contribution in [1.29, 1.82) is 5.26 Å². The van der Waals surface area contributed by atoms with Crippen LogP contribution < -0.4 is 5.43 Å². The van der Waals surface area contributed by atoms with Gasteiger partial charge in [0.05, 0.1) is 23.2 Å². The zero-order chi connectivity index (χ0) is 15.5. The number of hydrazone groups is 1. The first-order valence-corrected chi connectivity index (χ1v) is 7.50. The minimum absolute atomic E-state index is 0.631. The Balaban J connectivity index is 1.84. The first-order chi connectivity index (χ1) is 10.7. The maximum atomic E-state index is 8.77. The lowest BCUT2D eigenvalue weighted by molar-refractivity contribution is 1.19. The minimum atomic E-state index is 0.631. The lowest BCUT2D eigenvalue weighted by Gasteiger charge is -2.01. The van der Waals surface area contributed by atoms with Crippen LogP contribution in [0.15, 0.2) is 35.7 Å². The Kier molecular flexibility index (Phi) is 3.81. The molecule has 0 fully saturated rings. The standard InChI is InChI=1S/C16H13N5S/c1-10-11(2)22-16-14(10)15(18-9-19-16)21-20-8-13-5-3-12(7-17)4-6-13/h3-6,8-9H,1-2H3,(H,18,19,21)/b20-8-.